The Hall–Kier alpha value is -3.85. The van der Waals surface area contributed by atoms with Crippen molar-refractivity contribution in [1.29, 1.82) is 0 Å². The summed E-state index contributed by atoms with van der Waals surface area (Å²) in [7, 11) is 4.01. The van der Waals surface area contributed by atoms with Crippen molar-refractivity contribution in [3.8, 4) is 11.3 Å². The van der Waals surface area contributed by atoms with Gasteiger partial charge in [0.15, 0.2) is 0 Å². The van der Waals surface area contributed by atoms with E-state index >= 15 is 0 Å². The number of amides is 1. The topological polar surface area (TPSA) is 101 Å². The van der Waals surface area contributed by atoms with E-state index in [2.05, 4.69) is 42.6 Å². The fourth-order valence-corrected chi connectivity index (χ4v) is 4.04. The Morgan fingerprint density at radius 2 is 1.79 bits per heavy atom. The fourth-order valence-electron chi connectivity index (χ4n) is 4.04. The summed E-state index contributed by atoms with van der Waals surface area (Å²) in [4.78, 5) is 28.3. The highest BCUT2D eigenvalue weighted by Crippen LogP contribution is 2.23. The number of carbonyl (C=O) groups excluding carboxylic acids is 1. The van der Waals surface area contributed by atoms with E-state index in [-0.39, 0.29) is 5.91 Å². The summed E-state index contributed by atoms with van der Waals surface area (Å²) in [6, 6.07) is 6.05. The molecule has 0 unspecified atom stereocenters. The van der Waals surface area contributed by atoms with Gasteiger partial charge in [-0.25, -0.2) is 4.98 Å². The van der Waals surface area contributed by atoms with Crippen LogP contribution >= 0.6 is 0 Å². The number of aryl methyl sites for hydroxylation is 1. The second-order valence-electron chi connectivity index (χ2n) is 8.53. The zero-order chi connectivity index (χ0) is 22.8. The Morgan fingerprint density at radius 3 is 2.58 bits per heavy atom. The second kappa shape index (κ2) is 8.95. The number of nitrogens with one attached hydrogen (secondary N) is 2. The molecule has 5 rings (SSSR count). The summed E-state index contributed by atoms with van der Waals surface area (Å²) < 4.78 is 1.74. The van der Waals surface area contributed by atoms with Gasteiger partial charge in [0.25, 0.3) is 5.91 Å². The van der Waals surface area contributed by atoms with Crippen molar-refractivity contribution in [2.45, 2.75) is 18.9 Å². The van der Waals surface area contributed by atoms with E-state index in [1.807, 2.05) is 31.4 Å². The molecule has 1 fully saturated rings. The van der Waals surface area contributed by atoms with Gasteiger partial charge in [0.2, 0.25) is 0 Å². The predicted molar refractivity (Wildman–Crippen MR) is 128 cm³/mol. The van der Waals surface area contributed by atoms with Gasteiger partial charge in [0.1, 0.15) is 5.82 Å². The normalized spacial score (nSPS) is 15.0. The summed E-state index contributed by atoms with van der Waals surface area (Å²) in [6.45, 7) is 2.13. The summed E-state index contributed by atoms with van der Waals surface area (Å²) in [5, 5.41) is 12.4. The molecule has 0 spiro atoms. The van der Waals surface area contributed by atoms with Crippen molar-refractivity contribution in [2.75, 3.05) is 30.8 Å². The number of hydrogen-bond donors (Lipinski definition) is 2. The van der Waals surface area contributed by atoms with Gasteiger partial charge in [-0.15, -0.1) is 0 Å². The third-order valence-electron chi connectivity index (χ3n) is 5.94. The first kappa shape index (κ1) is 21.0. The third-order valence-corrected chi connectivity index (χ3v) is 5.94. The zero-order valence-electron chi connectivity index (χ0n) is 18.7. The molecule has 9 heteroatoms. The van der Waals surface area contributed by atoms with E-state index in [1.54, 1.807) is 35.7 Å². The summed E-state index contributed by atoms with van der Waals surface area (Å²) in [6.07, 6.45) is 12.7. The molecule has 168 valence electrons. The number of nitrogens with zero attached hydrogens (tertiary/aromatic N) is 6. The molecule has 1 amide bonds. The van der Waals surface area contributed by atoms with Gasteiger partial charge in [-0.05, 0) is 56.6 Å². The summed E-state index contributed by atoms with van der Waals surface area (Å²) >= 11 is 0. The van der Waals surface area contributed by atoms with Crippen LogP contribution in [-0.2, 0) is 7.05 Å². The zero-order valence-corrected chi connectivity index (χ0v) is 18.7. The Balaban J connectivity index is 1.31. The van der Waals surface area contributed by atoms with Crippen LogP contribution in [0.3, 0.4) is 0 Å². The Morgan fingerprint density at radius 1 is 0.970 bits per heavy atom. The fraction of sp³-hybridized carbons (Fsp3) is 0.292. The van der Waals surface area contributed by atoms with Crippen LogP contribution in [0.5, 0.6) is 0 Å². The average Bonchev–Trinajstić information content (AvgIpc) is 3.26. The third kappa shape index (κ3) is 4.83. The molecule has 4 aromatic rings. The van der Waals surface area contributed by atoms with Crippen LogP contribution in [0.4, 0.5) is 11.5 Å². The van der Waals surface area contributed by atoms with Gasteiger partial charge in [-0.1, -0.05) is 0 Å². The van der Waals surface area contributed by atoms with Crippen LogP contribution < -0.4 is 10.6 Å². The highest BCUT2D eigenvalue weighted by Gasteiger charge is 2.17. The first-order chi connectivity index (χ1) is 16.0. The molecule has 0 aromatic carbocycles. The van der Waals surface area contributed by atoms with Crippen molar-refractivity contribution in [1.82, 2.24) is 29.6 Å². The van der Waals surface area contributed by atoms with Gasteiger partial charge in [-0.3, -0.25) is 19.4 Å². The van der Waals surface area contributed by atoms with E-state index in [0.29, 0.717) is 17.4 Å². The van der Waals surface area contributed by atoms with Crippen LogP contribution in [0.15, 0.2) is 55.4 Å². The van der Waals surface area contributed by atoms with Crippen molar-refractivity contribution >= 4 is 28.2 Å². The number of piperidine rings is 1. The lowest BCUT2D eigenvalue weighted by atomic mass is 10.1. The van der Waals surface area contributed by atoms with Crippen molar-refractivity contribution in [3.63, 3.8) is 0 Å². The number of likely N-dealkylation sites (tertiary alicyclic amines) is 1. The van der Waals surface area contributed by atoms with Crippen molar-refractivity contribution in [3.05, 3.63) is 60.9 Å². The number of carbonyl (C=O) groups is 1. The lowest BCUT2D eigenvalue weighted by Crippen LogP contribution is -2.36. The molecule has 4 aromatic heterocycles. The highest BCUT2D eigenvalue weighted by molar-refractivity contribution is 6.04. The minimum absolute atomic E-state index is 0.247. The molecule has 1 saturated heterocycles. The summed E-state index contributed by atoms with van der Waals surface area (Å²) in [5.41, 5.74) is 3.09. The molecule has 0 radical (unpaired) electrons. The maximum absolute atomic E-state index is 12.9. The number of anilines is 2. The molecule has 0 saturated carbocycles. The van der Waals surface area contributed by atoms with Crippen molar-refractivity contribution in [2.24, 2.45) is 7.05 Å². The number of hydrogen-bond acceptors (Lipinski definition) is 7. The average molecular weight is 443 g/mol. The Bertz CT molecular complexity index is 1290. The van der Waals surface area contributed by atoms with E-state index in [4.69, 9.17) is 0 Å². The molecule has 2 N–H and O–H groups in total. The molecule has 5 heterocycles. The maximum atomic E-state index is 12.9. The number of pyridine rings is 3. The smallest absolute Gasteiger partial charge is 0.258 e. The van der Waals surface area contributed by atoms with Gasteiger partial charge in [0.05, 0.1) is 23.1 Å². The van der Waals surface area contributed by atoms with Gasteiger partial charge in [0, 0.05) is 55.0 Å². The minimum Gasteiger partial charge on any atom is -0.381 e. The van der Waals surface area contributed by atoms with E-state index in [0.717, 1.165) is 53.6 Å². The molecular formula is C24H26N8O. The molecule has 1 aliphatic heterocycles. The van der Waals surface area contributed by atoms with E-state index in [1.165, 1.54) is 0 Å². The molecule has 33 heavy (non-hydrogen) atoms. The van der Waals surface area contributed by atoms with Gasteiger partial charge in [-0.2, -0.15) is 5.10 Å². The summed E-state index contributed by atoms with van der Waals surface area (Å²) in [5.74, 6) is 0.229. The maximum Gasteiger partial charge on any atom is 0.258 e. The van der Waals surface area contributed by atoms with Crippen LogP contribution in [0, 0.1) is 0 Å². The molecule has 0 atom stereocenters. The number of aromatic nitrogens is 5. The molecule has 1 aliphatic rings. The van der Waals surface area contributed by atoms with Crippen LogP contribution in [-0.4, -0.2) is 61.7 Å². The van der Waals surface area contributed by atoms with Crippen molar-refractivity contribution < 1.29 is 4.79 Å². The molecule has 0 bridgehead atoms. The molecule has 0 aliphatic carbocycles. The quantitative estimate of drug-likeness (QED) is 0.489. The SMILES string of the molecule is CN1CCC(Nc2cncc(C(=O)Nc3cc4cc(-c5cnn(C)c5)ncc4cn3)c2)CC1. The number of rotatable bonds is 5. The second-order valence-corrected chi connectivity index (χ2v) is 8.53. The largest absolute Gasteiger partial charge is 0.381 e. The predicted octanol–water partition coefficient (Wildman–Crippen LogP) is 3.18. The highest BCUT2D eigenvalue weighted by atomic mass is 16.1. The first-order valence-corrected chi connectivity index (χ1v) is 11.0. The van der Waals surface area contributed by atoms with E-state index < -0.39 is 0 Å². The van der Waals surface area contributed by atoms with Crippen LogP contribution in [0.2, 0.25) is 0 Å². The van der Waals surface area contributed by atoms with Crippen LogP contribution in [0.1, 0.15) is 23.2 Å². The number of fused-ring (bicyclic) bond motifs is 1. The standard InChI is InChI=1S/C24H26N8O/c1-31-5-3-20(4-6-31)29-21-7-17(10-25-14-21)24(33)30-23-9-16-8-22(19-13-28-32(2)15-19)26-11-18(16)12-27-23/h7-15,20,29H,3-6H2,1-2H3,(H,27,30,33). The first-order valence-electron chi connectivity index (χ1n) is 11.0. The lowest BCUT2D eigenvalue weighted by molar-refractivity contribution is 0.102. The van der Waals surface area contributed by atoms with Gasteiger partial charge < -0.3 is 15.5 Å². The minimum atomic E-state index is -0.247. The monoisotopic (exact) mass is 442 g/mol. The lowest BCUT2D eigenvalue weighted by Gasteiger charge is -2.30. The molecule has 9 nitrogen and oxygen atoms in total. The van der Waals surface area contributed by atoms with Gasteiger partial charge >= 0.3 is 0 Å². The molecular weight excluding hydrogens is 416 g/mol. The Labute approximate surface area is 191 Å². The van der Waals surface area contributed by atoms with Crippen LogP contribution in [0.25, 0.3) is 22.0 Å². The Kier molecular flexibility index (Phi) is 5.70. The van der Waals surface area contributed by atoms with E-state index in [9.17, 15) is 4.79 Å².